The Hall–Kier alpha value is -1.84. The number of methoxy groups -OCH3 is 1. The number of benzene rings is 1. The molecule has 0 heterocycles. The van der Waals surface area contributed by atoms with Gasteiger partial charge in [-0.3, -0.25) is 4.79 Å². The summed E-state index contributed by atoms with van der Waals surface area (Å²) in [6.45, 7) is 7.95. The molecule has 0 radical (unpaired) electrons. The summed E-state index contributed by atoms with van der Waals surface area (Å²) in [4.78, 5) is 23.9. The molecule has 4 nitrogen and oxygen atoms in total. The van der Waals surface area contributed by atoms with Gasteiger partial charge in [-0.05, 0) is 49.4 Å². The first-order chi connectivity index (χ1) is 9.35. The van der Waals surface area contributed by atoms with E-state index in [1.54, 1.807) is 6.07 Å². The van der Waals surface area contributed by atoms with Crippen LogP contribution in [0.2, 0.25) is 0 Å². The SMILES string of the molecule is COC(=O)C(CC(C)C)NC(=O)c1ccc(C)c(C)c1. The summed E-state index contributed by atoms with van der Waals surface area (Å²) in [6, 6.07) is 4.89. The average molecular weight is 277 g/mol. The monoisotopic (exact) mass is 277 g/mol. The fourth-order valence-corrected chi connectivity index (χ4v) is 1.95. The van der Waals surface area contributed by atoms with E-state index < -0.39 is 12.0 Å². The van der Waals surface area contributed by atoms with Crippen molar-refractivity contribution in [2.75, 3.05) is 7.11 Å². The standard InChI is InChI=1S/C16H23NO3/c1-10(2)8-14(16(19)20-5)17-15(18)13-7-6-11(3)12(4)9-13/h6-7,9-10,14H,8H2,1-5H3,(H,17,18). The van der Waals surface area contributed by atoms with Crippen molar-refractivity contribution in [3.05, 3.63) is 34.9 Å². The minimum atomic E-state index is -0.603. The van der Waals surface area contributed by atoms with Crippen LogP contribution in [-0.2, 0) is 9.53 Å². The molecular weight excluding hydrogens is 254 g/mol. The molecule has 4 heteroatoms. The van der Waals surface area contributed by atoms with E-state index in [9.17, 15) is 9.59 Å². The van der Waals surface area contributed by atoms with E-state index in [2.05, 4.69) is 5.32 Å². The van der Waals surface area contributed by atoms with Crippen molar-refractivity contribution in [2.24, 2.45) is 5.92 Å². The summed E-state index contributed by atoms with van der Waals surface area (Å²) in [5, 5.41) is 2.75. The highest BCUT2D eigenvalue weighted by molar-refractivity contribution is 5.97. The number of nitrogens with one attached hydrogen (secondary N) is 1. The maximum absolute atomic E-state index is 12.2. The number of hydrogen-bond donors (Lipinski definition) is 1. The van der Waals surface area contributed by atoms with Gasteiger partial charge in [-0.25, -0.2) is 4.79 Å². The van der Waals surface area contributed by atoms with Crippen LogP contribution < -0.4 is 5.32 Å². The predicted molar refractivity (Wildman–Crippen MR) is 78.6 cm³/mol. The Bertz CT molecular complexity index is 494. The summed E-state index contributed by atoms with van der Waals surface area (Å²) in [5.41, 5.74) is 2.75. The Balaban J connectivity index is 2.84. The van der Waals surface area contributed by atoms with Gasteiger partial charge in [0.2, 0.25) is 0 Å². The number of rotatable bonds is 5. The molecule has 20 heavy (non-hydrogen) atoms. The largest absolute Gasteiger partial charge is 0.467 e. The number of carbonyl (C=O) groups is 2. The van der Waals surface area contributed by atoms with E-state index in [-0.39, 0.29) is 5.91 Å². The van der Waals surface area contributed by atoms with Gasteiger partial charge in [0.15, 0.2) is 0 Å². The van der Waals surface area contributed by atoms with Crippen LogP contribution in [0.25, 0.3) is 0 Å². The first-order valence-electron chi connectivity index (χ1n) is 6.81. The van der Waals surface area contributed by atoms with Crippen LogP contribution >= 0.6 is 0 Å². The predicted octanol–water partition coefficient (Wildman–Crippen LogP) is 2.62. The minimum Gasteiger partial charge on any atom is -0.467 e. The first-order valence-corrected chi connectivity index (χ1v) is 6.81. The second kappa shape index (κ2) is 7.08. The summed E-state index contributed by atoms with van der Waals surface area (Å²) in [7, 11) is 1.33. The van der Waals surface area contributed by atoms with Gasteiger partial charge in [0.1, 0.15) is 6.04 Å². The lowest BCUT2D eigenvalue weighted by molar-refractivity contribution is -0.143. The molecule has 1 rings (SSSR count). The van der Waals surface area contributed by atoms with Crippen LogP contribution in [0.3, 0.4) is 0 Å². The maximum Gasteiger partial charge on any atom is 0.328 e. The summed E-state index contributed by atoms with van der Waals surface area (Å²) < 4.78 is 4.74. The minimum absolute atomic E-state index is 0.246. The Morgan fingerprint density at radius 3 is 2.35 bits per heavy atom. The van der Waals surface area contributed by atoms with Gasteiger partial charge in [-0.15, -0.1) is 0 Å². The van der Waals surface area contributed by atoms with Gasteiger partial charge >= 0.3 is 5.97 Å². The molecule has 0 fully saturated rings. The van der Waals surface area contributed by atoms with Crippen LogP contribution in [0.1, 0.15) is 41.8 Å². The molecule has 0 bridgehead atoms. The molecular formula is C16H23NO3. The third-order valence-electron chi connectivity index (χ3n) is 3.27. The zero-order valence-corrected chi connectivity index (χ0v) is 12.8. The van der Waals surface area contributed by atoms with Crippen molar-refractivity contribution in [3.8, 4) is 0 Å². The van der Waals surface area contributed by atoms with Gasteiger partial charge in [0.05, 0.1) is 7.11 Å². The molecule has 1 aromatic rings. The molecule has 0 saturated carbocycles. The molecule has 1 aromatic carbocycles. The van der Waals surface area contributed by atoms with Crippen molar-refractivity contribution in [3.63, 3.8) is 0 Å². The number of aryl methyl sites for hydroxylation is 2. The van der Waals surface area contributed by atoms with Crippen LogP contribution in [0.15, 0.2) is 18.2 Å². The number of amides is 1. The number of ether oxygens (including phenoxy) is 1. The van der Waals surface area contributed by atoms with E-state index in [4.69, 9.17) is 4.74 Å². The molecule has 0 aliphatic heterocycles. The average Bonchev–Trinajstić information content (AvgIpc) is 2.39. The highest BCUT2D eigenvalue weighted by atomic mass is 16.5. The highest BCUT2D eigenvalue weighted by Gasteiger charge is 2.23. The van der Waals surface area contributed by atoms with Crippen molar-refractivity contribution in [1.29, 1.82) is 0 Å². The first kappa shape index (κ1) is 16.2. The second-order valence-corrected chi connectivity index (χ2v) is 5.48. The zero-order chi connectivity index (χ0) is 15.3. The van der Waals surface area contributed by atoms with Crippen molar-refractivity contribution in [1.82, 2.24) is 5.32 Å². The van der Waals surface area contributed by atoms with Crippen LogP contribution in [-0.4, -0.2) is 25.0 Å². The van der Waals surface area contributed by atoms with E-state index >= 15 is 0 Å². The Labute approximate surface area is 120 Å². The van der Waals surface area contributed by atoms with Gasteiger partial charge < -0.3 is 10.1 Å². The molecule has 0 aliphatic rings. The summed E-state index contributed by atoms with van der Waals surface area (Å²) >= 11 is 0. The smallest absolute Gasteiger partial charge is 0.328 e. The zero-order valence-electron chi connectivity index (χ0n) is 12.8. The van der Waals surface area contributed by atoms with Crippen molar-refractivity contribution < 1.29 is 14.3 Å². The molecule has 0 saturated heterocycles. The quantitative estimate of drug-likeness (QED) is 0.842. The van der Waals surface area contributed by atoms with E-state index in [0.717, 1.165) is 11.1 Å². The van der Waals surface area contributed by atoms with Gasteiger partial charge in [-0.1, -0.05) is 19.9 Å². The Morgan fingerprint density at radius 2 is 1.85 bits per heavy atom. The number of carbonyl (C=O) groups excluding carboxylic acids is 2. The molecule has 1 unspecified atom stereocenters. The normalized spacial score (nSPS) is 12.1. The lowest BCUT2D eigenvalue weighted by atomic mass is 10.0. The molecule has 0 aliphatic carbocycles. The molecule has 0 aromatic heterocycles. The van der Waals surface area contributed by atoms with E-state index in [1.807, 2.05) is 39.8 Å². The van der Waals surface area contributed by atoms with Gasteiger partial charge in [0, 0.05) is 5.56 Å². The Morgan fingerprint density at radius 1 is 1.20 bits per heavy atom. The number of esters is 1. The molecule has 110 valence electrons. The van der Waals surface area contributed by atoms with E-state index in [0.29, 0.717) is 17.9 Å². The topological polar surface area (TPSA) is 55.4 Å². The molecule has 1 atom stereocenters. The van der Waals surface area contributed by atoms with E-state index in [1.165, 1.54) is 7.11 Å². The maximum atomic E-state index is 12.2. The fraction of sp³-hybridized carbons (Fsp3) is 0.500. The lowest BCUT2D eigenvalue weighted by Gasteiger charge is -2.18. The van der Waals surface area contributed by atoms with Gasteiger partial charge in [0.25, 0.3) is 5.91 Å². The third kappa shape index (κ3) is 4.37. The van der Waals surface area contributed by atoms with Crippen LogP contribution in [0.5, 0.6) is 0 Å². The van der Waals surface area contributed by atoms with Gasteiger partial charge in [-0.2, -0.15) is 0 Å². The molecule has 1 amide bonds. The van der Waals surface area contributed by atoms with Crippen LogP contribution in [0, 0.1) is 19.8 Å². The van der Waals surface area contributed by atoms with Crippen LogP contribution in [0.4, 0.5) is 0 Å². The second-order valence-electron chi connectivity index (χ2n) is 5.48. The Kier molecular flexibility index (Phi) is 5.74. The highest BCUT2D eigenvalue weighted by Crippen LogP contribution is 2.11. The molecule has 0 spiro atoms. The summed E-state index contributed by atoms with van der Waals surface area (Å²) in [6.07, 6.45) is 0.559. The molecule has 1 N–H and O–H groups in total. The fourth-order valence-electron chi connectivity index (χ4n) is 1.95. The summed E-state index contributed by atoms with van der Waals surface area (Å²) in [5.74, 6) is -0.362. The lowest BCUT2D eigenvalue weighted by Crippen LogP contribution is -2.42. The van der Waals surface area contributed by atoms with Crippen molar-refractivity contribution >= 4 is 11.9 Å². The number of hydrogen-bond acceptors (Lipinski definition) is 3. The third-order valence-corrected chi connectivity index (χ3v) is 3.27. The van der Waals surface area contributed by atoms with Crippen molar-refractivity contribution in [2.45, 2.75) is 40.2 Å².